The maximum atomic E-state index is 12.1. The zero-order chi connectivity index (χ0) is 14.3. The van der Waals surface area contributed by atoms with Crippen molar-refractivity contribution >= 4 is 5.91 Å². The van der Waals surface area contributed by atoms with Gasteiger partial charge in [-0.05, 0) is 38.0 Å². The van der Waals surface area contributed by atoms with Gasteiger partial charge in [0.2, 0.25) is 0 Å². The molecule has 106 valence electrons. The number of aliphatic hydroxyl groups is 1. The highest BCUT2D eigenvalue weighted by Gasteiger charge is 2.23. The van der Waals surface area contributed by atoms with Crippen molar-refractivity contribution in [2.45, 2.75) is 39.2 Å². The Morgan fingerprint density at radius 1 is 1.42 bits per heavy atom. The van der Waals surface area contributed by atoms with Crippen LogP contribution in [0.3, 0.4) is 0 Å². The predicted octanol–water partition coefficient (Wildman–Crippen LogP) is 2.37. The van der Waals surface area contributed by atoms with E-state index in [1.54, 1.807) is 18.2 Å². The molecule has 1 amide bonds. The van der Waals surface area contributed by atoms with Gasteiger partial charge in [0.05, 0.1) is 18.8 Å². The van der Waals surface area contributed by atoms with E-state index in [0.29, 0.717) is 24.3 Å². The first-order valence-corrected chi connectivity index (χ1v) is 6.71. The number of hydrogen-bond donors (Lipinski definition) is 2. The molecule has 0 fully saturated rings. The normalized spacial score (nSPS) is 13.7. The number of amides is 1. The summed E-state index contributed by atoms with van der Waals surface area (Å²) in [6, 6.07) is 7.08. The lowest BCUT2D eigenvalue weighted by Gasteiger charge is -2.27. The molecular formula is C15H23NO3. The van der Waals surface area contributed by atoms with E-state index in [1.807, 2.05) is 26.8 Å². The molecule has 1 aromatic carbocycles. The Balaban J connectivity index is 2.76. The van der Waals surface area contributed by atoms with Crippen LogP contribution in [-0.4, -0.2) is 29.8 Å². The Labute approximate surface area is 114 Å². The first-order valence-electron chi connectivity index (χ1n) is 6.71. The van der Waals surface area contributed by atoms with E-state index in [4.69, 9.17) is 4.74 Å². The molecule has 0 aliphatic heterocycles. The molecule has 1 aromatic rings. The molecule has 1 atom stereocenters. The average Bonchev–Trinajstić information content (AvgIpc) is 2.45. The largest absolute Gasteiger partial charge is 0.494 e. The van der Waals surface area contributed by atoms with Gasteiger partial charge in [-0.15, -0.1) is 0 Å². The van der Waals surface area contributed by atoms with Crippen LogP contribution >= 0.6 is 0 Å². The topological polar surface area (TPSA) is 58.6 Å². The number of aliphatic hydroxyl groups excluding tert-OH is 1. The van der Waals surface area contributed by atoms with Crippen LogP contribution in [0.4, 0.5) is 0 Å². The standard InChI is InChI=1S/C15H23NO3/c1-4-9-19-13-8-6-7-12(10-13)14(18)16-15(3,5-2)11-17/h6-8,10,17H,4-5,9,11H2,1-3H3,(H,16,18). The highest BCUT2D eigenvalue weighted by atomic mass is 16.5. The van der Waals surface area contributed by atoms with E-state index < -0.39 is 5.54 Å². The highest BCUT2D eigenvalue weighted by molar-refractivity contribution is 5.95. The van der Waals surface area contributed by atoms with Crippen molar-refractivity contribution in [1.29, 1.82) is 0 Å². The lowest BCUT2D eigenvalue weighted by Crippen LogP contribution is -2.48. The van der Waals surface area contributed by atoms with Crippen molar-refractivity contribution in [3.05, 3.63) is 29.8 Å². The van der Waals surface area contributed by atoms with Gasteiger partial charge in [-0.2, -0.15) is 0 Å². The quantitative estimate of drug-likeness (QED) is 0.795. The lowest BCUT2D eigenvalue weighted by molar-refractivity contribution is 0.0847. The van der Waals surface area contributed by atoms with E-state index in [9.17, 15) is 9.90 Å². The van der Waals surface area contributed by atoms with E-state index in [1.165, 1.54) is 0 Å². The number of ether oxygens (including phenoxy) is 1. The second-order valence-corrected chi connectivity index (χ2v) is 4.90. The van der Waals surface area contributed by atoms with Crippen molar-refractivity contribution in [2.75, 3.05) is 13.2 Å². The zero-order valence-corrected chi connectivity index (χ0v) is 11.9. The van der Waals surface area contributed by atoms with Gasteiger partial charge in [-0.1, -0.05) is 19.9 Å². The minimum absolute atomic E-state index is 0.0821. The van der Waals surface area contributed by atoms with Gasteiger partial charge in [0.1, 0.15) is 5.75 Å². The average molecular weight is 265 g/mol. The van der Waals surface area contributed by atoms with Crippen LogP contribution in [-0.2, 0) is 0 Å². The van der Waals surface area contributed by atoms with Crippen molar-refractivity contribution in [1.82, 2.24) is 5.32 Å². The predicted molar refractivity (Wildman–Crippen MR) is 75.5 cm³/mol. The number of hydrogen-bond acceptors (Lipinski definition) is 3. The van der Waals surface area contributed by atoms with Crippen LogP contribution in [0.5, 0.6) is 5.75 Å². The van der Waals surface area contributed by atoms with Crippen LogP contribution in [0.1, 0.15) is 44.0 Å². The van der Waals surface area contributed by atoms with Gasteiger partial charge in [-0.25, -0.2) is 0 Å². The number of benzene rings is 1. The third kappa shape index (κ3) is 4.56. The van der Waals surface area contributed by atoms with Crippen LogP contribution in [0.15, 0.2) is 24.3 Å². The van der Waals surface area contributed by atoms with Crippen LogP contribution in [0, 0.1) is 0 Å². The molecule has 2 N–H and O–H groups in total. The molecule has 4 heteroatoms. The van der Waals surface area contributed by atoms with Gasteiger partial charge in [0, 0.05) is 5.56 Å². The summed E-state index contributed by atoms with van der Waals surface area (Å²) >= 11 is 0. The summed E-state index contributed by atoms with van der Waals surface area (Å²) in [5.41, 5.74) is -0.0427. The zero-order valence-electron chi connectivity index (χ0n) is 11.9. The Morgan fingerprint density at radius 2 is 2.16 bits per heavy atom. The maximum Gasteiger partial charge on any atom is 0.251 e. The SMILES string of the molecule is CCCOc1cccc(C(=O)NC(C)(CC)CO)c1. The second kappa shape index (κ2) is 7.14. The van der Waals surface area contributed by atoms with E-state index in [-0.39, 0.29) is 12.5 Å². The minimum atomic E-state index is -0.586. The van der Waals surface area contributed by atoms with Gasteiger partial charge in [-0.3, -0.25) is 4.79 Å². The van der Waals surface area contributed by atoms with Gasteiger partial charge < -0.3 is 15.2 Å². The van der Waals surface area contributed by atoms with Crippen molar-refractivity contribution in [3.63, 3.8) is 0 Å². The molecule has 0 bridgehead atoms. The van der Waals surface area contributed by atoms with Crippen molar-refractivity contribution < 1.29 is 14.6 Å². The van der Waals surface area contributed by atoms with E-state index in [2.05, 4.69) is 5.32 Å². The first kappa shape index (κ1) is 15.5. The van der Waals surface area contributed by atoms with E-state index in [0.717, 1.165) is 6.42 Å². The molecule has 0 heterocycles. The molecule has 19 heavy (non-hydrogen) atoms. The molecule has 0 aliphatic rings. The fourth-order valence-corrected chi connectivity index (χ4v) is 1.53. The molecular weight excluding hydrogens is 242 g/mol. The Hall–Kier alpha value is -1.55. The first-order chi connectivity index (χ1) is 9.04. The smallest absolute Gasteiger partial charge is 0.251 e. The van der Waals surface area contributed by atoms with Crippen molar-refractivity contribution in [2.24, 2.45) is 0 Å². The number of carbonyl (C=O) groups excluding carboxylic acids is 1. The third-order valence-electron chi connectivity index (χ3n) is 3.11. The fraction of sp³-hybridized carbons (Fsp3) is 0.533. The van der Waals surface area contributed by atoms with Gasteiger partial charge in [0.15, 0.2) is 0 Å². The minimum Gasteiger partial charge on any atom is -0.494 e. The summed E-state index contributed by atoms with van der Waals surface area (Å²) in [6.45, 7) is 6.33. The number of rotatable bonds is 7. The molecule has 1 rings (SSSR count). The summed E-state index contributed by atoms with van der Waals surface area (Å²) in [5, 5.41) is 12.2. The Kier molecular flexibility index (Phi) is 5.83. The lowest BCUT2D eigenvalue weighted by atomic mass is 9.99. The Bertz CT molecular complexity index is 414. The number of carbonyl (C=O) groups is 1. The van der Waals surface area contributed by atoms with Crippen LogP contribution in [0.25, 0.3) is 0 Å². The number of nitrogens with one attached hydrogen (secondary N) is 1. The summed E-state index contributed by atoms with van der Waals surface area (Å²) in [4.78, 5) is 12.1. The second-order valence-electron chi connectivity index (χ2n) is 4.90. The van der Waals surface area contributed by atoms with Crippen LogP contribution < -0.4 is 10.1 Å². The van der Waals surface area contributed by atoms with E-state index >= 15 is 0 Å². The fourth-order valence-electron chi connectivity index (χ4n) is 1.53. The monoisotopic (exact) mass is 265 g/mol. The summed E-state index contributed by atoms with van der Waals surface area (Å²) < 4.78 is 5.50. The molecule has 0 aromatic heterocycles. The van der Waals surface area contributed by atoms with Gasteiger partial charge in [0.25, 0.3) is 5.91 Å². The van der Waals surface area contributed by atoms with Crippen LogP contribution in [0.2, 0.25) is 0 Å². The molecule has 0 aliphatic carbocycles. The molecule has 0 saturated carbocycles. The Morgan fingerprint density at radius 3 is 2.74 bits per heavy atom. The molecule has 4 nitrogen and oxygen atoms in total. The van der Waals surface area contributed by atoms with Crippen molar-refractivity contribution in [3.8, 4) is 5.75 Å². The molecule has 0 spiro atoms. The summed E-state index contributed by atoms with van der Waals surface area (Å²) in [7, 11) is 0. The molecule has 0 saturated heterocycles. The molecule has 0 radical (unpaired) electrons. The highest BCUT2D eigenvalue weighted by Crippen LogP contribution is 2.15. The molecule has 1 unspecified atom stereocenters. The van der Waals surface area contributed by atoms with Gasteiger partial charge >= 0.3 is 0 Å². The summed E-state index contributed by atoms with van der Waals surface area (Å²) in [5.74, 6) is 0.497. The summed E-state index contributed by atoms with van der Waals surface area (Å²) in [6.07, 6.45) is 1.59. The maximum absolute atomic E-state index is 12.1. The third-order valence-corrected chi connectivity index (χ3v) is 3.11.